The third-order valence-corrected chi connectivity index (χ3v) is 2.12. The Balaban J connectivity index is 2.39. The zero-order valence-electron chi connectivity index (χ0n) is 6.23. The molecule has 11 heavy (non-hydrogen) atoms. The highest BCUT2D eigenvalue weighted by Gasteiger charge is 1.86. The second kappa shape index (κ2) is 4.85. The summed E-state index contributed by atoms with van der Waals surface area (Å²) in [6, 6.07) is 10.3. The van der Waals surface area contributed by atoms with E-state index in [4.69, 9.17) is 5.73 Å². The molecule has 0 aliphatic heterocycles. The van der Waals surface area contributed by atoms with Crippen molar-refractivity contribution < 1.29 is 0 Å². The minimum absolute atomic E-state index is 0.995. The molecular weight excluding hydrogens is 154 g/mol. The van der Waals surface area contributed by atoms with Gasteiger partial charge in [-0.3, -0.25) is 0 Å². The first-order valence-electron chi connectivity index (χ1n) is 3.46. The first-order valence-corrected chi connectivity index (χ1v) is 4.50. The molecule has 1 nitrogen and oxygen atoms in total. The Hall–Kier alpha value is -0.890. The third kappa shape index (κ3) is 3.14. The Morgan fingerprint density at radius 2 is 2.00 bits per heavy atom. The van der Waals surface area contributed by atoms with Crippen LogP contribution in [0.4, 0.5) is 0 Å². The van der Waals surface area contributed by atoms with Crippen LogP contribution in [-0.2, 0) is 5.75 Å². The quantitative estimate of drug-likeness (QED) is 0.744. The van der Waals surface area contributed by atoms with Gasteiger partial charge in [0, 0.05) is 12.0 Å². The number of hydrogen-bond acceptors (Lipinski definition) is 2. The molecule has 0 spiro atoms. The summed E-state index contributed by atoms with van der Waals surface area (Å²) in [6.07, 6.45) is 1.56. The first kappa shape index (κ1) is 8.21. The van der Waals surface area contributed by atoms with E-state index in [-0.39, 0.29) is 0 Å². The highest BCUT2D eigenvalue weighted by molar-refractivity contribution is 8.01. The zero-order chi connectivity index (χ0) is 7.94. The van der Waals surface area contributed by atoms with Crippen LogP contribution < -0.4 is 5.73 Å². The normalized spacial score (nSPS) is 10.5. The van der Waals surface area contributed by atoms with E-state index in [0.717, 1.165) is 5.75 Å². The average molecular weight is 165 g/mol. The zero-order valence-corrected chi connectivity index (χ0v) is 7.05. The lowest BCUT2D eigenvalue weighted by molar-refractivity contribution is 1.42. The molecule has 0 heterocycles. The van der Waals surface area contributed by atoms with E-state index >= 15 is 0 Å². The van der Waals surface area contributed by atoms with Gasteiger partial charge in [0.1, 0.15) is 0 Å². The summed E-state index contributed by atoms with van der Waals surface area (Å²) in [7, 11) is 0. The van der Waals surface area contributed by atoms with E-state index in [1.807, 2.05) is 23.6 Å². The lowest BCUT2D eigenvalue weighted by Gasteiger charge is -1.94. The van der Waals surface area contributed by atoms with Crippen molar-refractivity contribution in [2.24, 2.45) is 5.73 Å². The summed E-state index contributed by atoms with van der Waals surface area (Å²) < 4.78 is 0. The maximum absolute atomic E-state index is 5.19. The van der Waals surface area contributed by atoms with Gasteiger partial charge >= 0.3 is 0 Å². The average Bonchev–Trinajstić information content (AvgIpc) is 2.07. The van der Waals surface area contributed by atoms with Crippen LogP contribution in [0, 0.1) is 0 Å². The number of benzene rings is 1. The van der Waals surface area contributed by atoms with Crippen LogP contribution in [0.2, 0.25) is 0 Å². The van der Waals surface area contributed by atoms with Gasteiger partial charge < -0.3 is 5.73 Å². The number of nitrogens with two attached hydrogens (primary N) is 1. The van der Waals surface area contributed by atoms with Gasteiger partial charge in [0.2, 0.25) is 0 Å². The molecule has 1 rings (SSSR count). The van der Waals surface area contributed by atoms with Crippen molar-refractivity contribution >= 4 is 11.8 Å². The van der Waals surface area contributed by atoms with Crippen molar-refractivity contribution in [3.8, 4) is 0 Å². The molecule has 0 fully saturated rings. The van der Waals surface area contributed by atoms with E-state index in [0.29, 0.717) is 0 Å². The molecule has 0 unspecified atom stereocenters. The van der Waals surface area contributed by atoms with Gasteiger partial charge in [-0.1, -0.05) is 30.3 Å². The van der Waals surface area contributed by atoms with Crippen LogP contribution in [0.15, 0.2) is 41.9 Å². The SMILES string of the molecule is N/C=C\SCc1ccccc1. The highest BCUT2D eigenvalue weighted by Crippen LogP contribution is 2.11. The Kier molecular flexibility index (Phi) is 3.62. The minimum Gasteiger partial charge on any atom is -0.404 e. The van der Waals surface area contributed by atoms with Crippen molar-refractivity contribution in [3.05, 3.63) is 47.5 Å². The van der Waals surface area contributed by atoms with Gasteiger partial charge in [0.05, 0.1) is 0 Å². The van der Waals surface area contributed by atoms with Crippen molar-refractivity contribution in [1.82, 2.24) is 0 Å². The predicted octanol–water partition coefficient (Wildman–Crippen LogP) is 2.35. The second-order valence-corrected chi connectivity index (χ2v) is 3.02. The molecule has 2 N–H and O–H groups in total. The Bertz CT molecular complexity index is 218. The van der Waals surface area contributed by atoms with Gasteiger partial charge in [-0.2, -0.15) is 0 Å². The molecule has 0 aromatic heterocycles. The predicted molar refractivity (Wildman–Crippen MR) is 51.1 cm³/mol. The van der Waals surface area contributed by atoms with Crippen LogP contribution in [0.1, 0.15) is 5.56 Å². The molecule has 0 aliphatic carbocycles. The number of hydrogen-bond donors (Lipinski definition) is 1. The van der Waals surface area contributed by atoms with Crippen LogP contribution in [-0.4, -0.2) is 0 Å². The summed E-state index contributed by atoms with van der Waals surface area (Å²) >= 11 is 1.70. The van der Waals surface area contributed by atoms with Gasteiger partial charge in [0.25, 0.3) is 0 Å². The number of rotatable bonds is 3. The lowest BCUT2D eigenvalue weighted by Crippen LogP contribution is -1.77. The van der Waals surface area contributed by atoms with Crippen LogP contribution in [0.25, 0.3) is 0 Å². The highest BCUT2D eigenvalue weighted by atomic mass is 32.2. The first-order chi connectivity index (χ1) is 5.43. The molecule has 0 amide bonds. The molecule has 1 aromatic rings. The fourth-order valence-corrected chi connectivity index (χ4v) is 1.37. The number of thioether (sulfide) groups is 1. The largest absolute Gasteiger partial charge is 0.404 e. The Morgan fingerprint density at radius 1 is 1.27 bits per heavy atom. The fourth-order valence-electron chi connectivity index (χ4n) is 0.774. The Morgan fingerprint density at radius 3 is 2.64 bits per heavy atom. The van der Waals surface area contributed by atoms with Crippen molar-refractivity contribution in [1.29, 1.82) is 0 Å². The van der Waals surface area contributed by atoms with Gasteiger partial charge in [-0.05, 0) is 11.0 Å². The van der Waals surface area contributed by atoms with Gasteiger partial charge in [0.15, 0.2) is 0 Å². The minimum atomic E-state index is 0.995. The van der Waals surface area contributed by atoms with Gasteiger partial charge in [-0.15, -0.1) is 11.8 Å². The van der Waals surface area contributed by atoms with Crippen molar-refractivity contribution in [2.45, 2.75) is 5.75 Å². The molecule has 0 atom stereocenters. The van der Waals surface area contributed by atoms with Crippen molar-refractivity contribution in [3.63, 3.8) is 0 Å². The molecule has 2 heteroatoms. The second-order valence-electron chi connectivity index (χ2n) is 2.13. The van der Waals surface area contributed by atoms with E-state index in [1.54, 1.807) is 18.0 Å². The lowest BCUT2D eigenvalue weighted by atomic mass is 10.2. The summed E-state index contributed by atoms with van der Waals surface area (Å²) in [6.45, 7) is 0. The smallest absolute Gasteiger partial charge is 0.0226 e. The van der Waals surface area contributed by atoms with Gasteiger partial charge in [-0.25, -0.2) is 0 Å². The molecule has 58 valence electrons. The molecular formula is C9H11NS. The molecule has 1 aromatic carbocycles. The van der Waals surface area contributed by atoms with Crippen molar-refractivity contribution in [2.75, 3.05) is 0 Å². The molecule has 0 aliphatic rings. The Labute approximate surface area is 71.3 Å². The molecule has 0 saturated carbocycles. The van der Waals surface area contributed by atoms with E-state index in [1.165, 1.54) is 5.56 Å². The fraction of sp³-hybridized carbons (Fsp3) is 0.111. The van der Waals surface area contributed by atoms with Crippen LogP contribution in [0.3, 0.4) is 0 Å². The van der Waals surface area contributed by atoms with Crippen LogP contribution in [0.5, 0.6) is 0 Å². The van der Waals surface area contributed by atoms with E-state index < -0.39 is 0 Å². The maximum atomic E-state index is 5.19. The molecule has 0 saturated heterocycles. The van der Waals surface area contributed by atoms with E-state index in [2.05, 4.69) is 12.1 Å². The summed E-state index contributed by atoms with van der Waals surface area (Å²) in [5.41, 5.74) is 6.52. The van der Waals surface area contributed by atoms with E-state index in [9.17, 15) is 0 Å². The van der Waals surface area contributed by atoms with Crippen LogP contribution >= 0.6 is 11.8 Å². The molecule has 0 radical (unpaired) electrons. The summed E-state index contributed by atoms with van der Waals surface area (Å²) in [5, 5.41) is 1.90. The topological polar surface area (TPSA) is 26.0 Å². The maximum Gasteiger partial charge on any atom is 0.0226 e. The summed E-state index contributed by atoms with van der Waals surface area (Å²) in [4.78, 5) is 0. The standard InChI is InChI=1S/C9H11NS/c10-6-7-11-8-9-4-2-1-3-5-9/h1-7H,8,10H2/b7-6-. The third-order valence-electron chi connectivity index (χ3n) is 1.27. The molecule has 0 bridgehead atoms. The monoisotopic (exact) mass is 165 g/mol. The summed E-state index contributed by atoms with van der Waals surface area (Å²) in [5.74, 6) is 0.995.